The summed E-state index contributed by atoms with van der Waals surface area (Å²) in [5.74, 6) is 0.393. The number of hydrogen-bond acceptors (Lipinski definition) is 3. The van der Waals surface area contributed by atoms with Crippen molar-refractivity contribution < 1.29 is 9.53 Å². The zero-order chi connectivity index (χ0) is 17.4. The van der Waals surface area contributed by atoms with Gasteiger partial charge >= 0.3 is 0 Å². The first kappa shape index (κ1) is 18.3. The van der Waals surface area contributed by atoms with Gasteiger partial charge in [0.2, 0.25) is 5.91 Å². The fraction of sp³-hybridized carbons (Fsp3) is 0.222. The van der Waals surface area contributed by atoms with Crippen molar-refractivity contribution in [2.24, 2.45) is 5.10 Å². The zero-order valence-corrected chi connectivity index (χ0v) is 14.8. The van der Waals surface area contributed by atoms with Gasteiger partial charge in [-0.1, -0.05) is 47.5 Å². The molecule has 0 aliphatic heterocycles. The van der Waals surface area contributed by atoms with Crippen molar-refractivity contribution in [3.05, 3.63) is 63.6 Å². The molecule has 4 nitrogen and oxygen atoms in total. The third-order valence-corrected chi connectivity index (χ3v) is 3.81. The minimum atomic E-state index is -0.161. The van der Waals surface area contributed by atoms with Gasteiger partial charge in [0.25, 0.3) is 0 Å². The van der Waals surface area contributed by atoms with E-state index in [0.717, 1.165) is 11.1 Å². The van der Waals surface area contributed by atoms with Crippen molar-refractivity contribution in [1.82, 2.24) is 5.43 Å². The summed E-state index contributed by atoms with van der Waals surface area (Å²) >= 11 is 11.8. The topological polar surface area (TPSA) is 50.7 Å². The minimum absolute atomic E-state index is 0.161. The lowest BCUT2D eigenvalue weighted by Gasteiger charge is -2.07. The number of amides is 1. The Morgan fingerprint density at radius 1 is 1.25 bits per heavy atom. The summed E-state index contributed by atoms with van der Waals surface area (Å²) in [6.45, 7) is 2.37. The van der Waals surface area contributed by atoms with Crippen LogP contribution in [0.15, 0.2) is 47.6 Å². The molecule has 0 heterocycles. The average molecular weight is 365 g/mol. The van der Waals surface area contributed by atoms with Crippen molar-refractivity contribution in [2.75, 3.05) is 6.61 Å². The van der Waals surface area contributed by atoms with E-state index in [-0.39, 0.29) is 5.91 Å². The Balaban J connectivity index is 1.69. The van der Waals surface area contributed by atoms with E-state index < -0.39 is 0 Å². The van der Waals surface area contributed by atoms with Gasteiger partial charge in [0.15, 0.2) is 0 Å². The van der Waals surface area contributed by atoms with Crippen LogP contribution in [0, 0.1) is 6.92 Å². The molecule has 0 aliphatic rings. The maximum absolute atomic E-state index is 11.7. The molecule has 0 spiro atoms. The van der Waals surface area contributed by atoms with Crippen molar-refractivity contribution in [3.8, 4) is 5.75 Å². The van der Waals surface area contributed by atoms with E-state index >= 15 is 0 Å². The Kier molecular flexibility index (Phi) is 7.09. The van der Waals surface area contributed by atoms with Crippen LogP contribution in [0.3, 0.4) is 0 Å². The largest absolute Gasteiger partial charge is 0.492 e. The number of aryl methyl sites for hydroxylation is 1. The van der Waals surface area contributed by atoms with Crippen molar-refractivity contribution >= 4 is 35.3 Å². The van der Waals surface area contributed by atoms with Crippen LogP contribution in [0.4, 0.5) is 0 Å². The SMILES string of the molecule is Cc1ccccc1C=NNC(=O)CCCOc1ccc(Cl)cc1Cl. The number of ether oxygens (including phenoxy) is 1. The van der Waals surface area contributed by atoms with Crippen LogP contribution in [0.2, 0.25) is 10.0 Å². The lowest BCUT2D eigenvalue weighted by Crippen LogP contribution is -2.18. The molecule has 0 aromatic heterocycles. The monoisotopic (exact) mass is 364 g/mol. The molecule has 0 bridgehead atoms. The third kappa shape index (κ3) is 5.87. The number of carbonyl (C=O) groups is 1. The summed E-state index contributed by atoms with van der Waals surface area (Å²) in [7, 11) is 0. The molecule has 0 saturated carbocycles. The van der Waals surface area contributed by atoms with E-state index in [1.54, 1.807) is 24.4 Å². The maximum Gasteiger partial charge on any atom is 0.240 e. The number of rotatable bonds is 7. The first-order chi connectivity index (χ1) is 11.6. The third-order valence-electron chi connectivity index (χ3n) is 3.28. The van der Waals surface area contributed by atoms with E-state index in [1.165, 1.54) is 0 Å². The van der Waals surface area contributed by atoms with Gasteiger partial charge in [0.1, 0.15) is 5.75 Å². The molecule has 0 fully saturated rings. The molecule has 126 valence electrons. The number of nitrogens with zero attached hydrogens (tertiary/aromatic N) is 1. The minimum Gasteiger partial charge on any atom is -0.492 e. The standard InChI is InChI=1S/C18H18Cl2N2O2/c1-13-5-2-3-6-14(13)12-21-22-18(23)7-4-10-24-17-9-8-15(19)11-16(17)20/h2-3,5-6,8-9,11-12H,4,7,10H2,1H3,(H,22,23). The molecule has 2 rings (SSSR count). The van der Waals surface area contributed by atoms with E-state index in [4.69, 9.17) is 27.9 Å². The van der Waals surface area contributed by atoms with Crippen LogP contribution >= 0.6 is 23.2 Å². The molecule has 1 N–H and O–H groups in total. The Hall–Kier alpha value is -2.04. The summed E-state index contributed by atoms with van der Waals surface area (Å²) in [5, 5.41) is 4.97. The van der Waals surface area contributed by atoms with Gasteiger partial charge in [0, 0.05) is 11.4 Å². The summed E-state index contributed by atoms with van der Waals surface area (Å²) in [6.07, 6.45) is 2.51. The Bertz CT molecular complexity index is 733. The van der Waals surface area contributed by atoms with Gasteiger partial charge < -0.3 is 4.74 Å². The number of halogens is 2. The van der Waals surface area contributed by atoms with Gasteiger partial charge in [-0.2, -0.15) is 5.10 Å². The molecule has 0 radical (unpaired) electrons. The first-order valence-corrected chi connectivity index (χ1v) is 8.27. The summed E-state index contributed by atoms with van der Waals surface area (Å²) in [5.41, 5.74) is 4.58. The highest BCUT2D eigenvalue weighted by molar-refractivity contribution is 6.35. The molecular weight excluding hydrogens is 347 g/mol. The molecule has 2 aromatic rings. The molecule has 1 amide bonds. The highest BCUT2D eigenvalue weighted by Gasteiger charge is 2.04. The zero-order valence-electron chi connectivity index (χ0n) is 13.3. The van der Waals surface area contributed by atoms with Crippen LogP contribution in [-0.4, -0.2) is 18.7 Å². The predicted molar refractivity (Wildman–Crippen MR) is 98.1 cm³/mol. The quantitative estimate of drug-likeness (QED) is 0.443. The number of nitrogens with one attached hydrogen (secondary N) is 1. The summed E-state index contributed by atoms with van der Waals surface area (Å²) in [4.78, 5) is 11.7. The van der Waals surface area contributed by atoms with Gasteiger partial charge in [0.05, 0.1) is 17.8 Å². The molecule has 0 unspecified atom stereocenters. The fourth-order valence-corrected chi connectivity index (χ4v) is 2.43. The van der Waals surface area contributed by atoms with Crippen LogP contribution in [0.1, 0.15) is 24.0 Å². The van der Waals surface area contributed by atoms with Crippen molar-refractivity contribution in [2.45, 2.75) is 19.8 Å². The second-order valence-electron chi connectivity index (χ2n) is 5.18. The lowest BCUT2D eigenvalue weighted by molar-refractivity contribution is -0.121. The fourth-order valence-electron chi connectivity index (χ4n) is 1.97. The van der Waals surface area contributed by atoms with E-state index in [9.17, 15) is 4.79 Å². The average Bonchev–Trinajstić information content (AvgIpc) is 2.55. The lowest BCUT2D eigenvalue weighted by atomic mass is 10.1. The van der Waals surface area contributed by atoms with E-state index in [2.05, 4.69) is 10.5 Å². The molecule has 24 heavy (non-hydrogen) atoms. The predicted octanol–water partition coefficient (Wildman–Crippen LogP) is 4.61. The van der Waals surface area contributed by atoms with Crippen LogP contribution in [0.25, 0.3) is 0 Å². The van der Waals surface area contributed by atoms with E-state index in [1.807, 2.05) is 31.2 Å². The van der Waals surface area contributed by atoms with Crippen molar-refractivity contribution in [1.29, 1.82) is 0 Å². The Morgan fingerprint density at radius 2 is 2.04 bits per heavy atom. The van der Waals surface area contributed by atoms with Crippen LogP contribution in [-0.2, 0) is 4.79 Å². The van der Waals surface area contributed by atoms with E-state index in [0.29, 0.717) is 35.2 Å². The molecule has 0 aliphatic carbocycles. The highest BCUT2D eigenvalue weighted by Crippen LogP contribution is 2.27. The van der Waals surface area contributed by atoms with Gasteiger partial charge in [-0.15, -0.1) is 0 Å². The molecular formula is C18H18Cl2N2O2. The smallest absolute Gasteiger partial charge is 0.240 e. The normalized spacial score (nSPS) is 10.8. The van der Waals surface area contributed by atoms with Crippen molar-refractivity contribution in [3.63, 3.8) is 0 Å². The van der Waals surface area contributed by atoms with Gasteiger partial charge in [-0.3, -0.25) is 4.79 Å². The summed E-state index contributed by atoms with van der Waals surface area (Å²) < 4.78 is 5.52. The highest BCUT2D eigenvalue weighted by atomic mass is 35.5. The summed E-state index contributed by atoms with van der Waals surface area (Å²) in [6, 6.07) is 12.8. The number of hydrogen-bond donors (Lipinski definition) is 1. The molecule has 0 atom stereocenters. The second-order valence-corrected chi connectivity index (χ2v) is 6.02. The molecule has 6 heteroatoms. The van der Waals surface area contributed by atoms with Gasteiger partial charge in [-0.25, -0.2) is 5.43 Å². The first-order valence-electron chi connectivity index (χ1n) is 7.51. The number of benzene rings is 2. The van der Waals surface area contributed by atoms with Crippen LogP contribution in [0.5, 0.6) is 5.75 Å². The number of carbonyl (C=O) groups excluding carboxylic acids is 1. The second kappa shape index (κ2) is 9.30. The number of hydrazone groups is 1. The maximum atomic E-state index is 11.7. The van der Waals surface area contributed by atoms with Gasteiger partial charge in [-0.05, 0) is 42.7 Å². The Morgan fingerprint density at radius 3 is 2.79 bits per heavy atom. The molecule has 2 aromatic carbocycles. The van der Waals surface area contributed by atoms with Crippen LogP contribution < -0.4 is 10.2 Å². The Labute approximate surface area is 151 Å². The molecule has 0 saturated heterocycles.